The number of β-lactam (4-membered cyclic amide) rings is 1. The minimum absolute atomic E-state index is 0.0421. The Kier molecular flexibility index (Phi) is 9.96. The monoisotopic (exact) mass is 642 g/mol. The fourth-order valence-electron chi connectivity index (χ4n) is 3.77. The summed E-state index contributed by atoms with van der Waals surface area (Å²) in [4.78, 5) is 51.7. The number of allylic oxidation sites excluding steroid dienone is 1. The van der Waals surface area contributed by atoms with Gasteiger partial charge in [-0.05, 0) is 18.6 Å². The average Bonchev–Trinajstić information content (AvgIpc) is 3.25. The Morgan fingerprint density at radius 1 is 1.35 bits per heavy atom. The minimum atomic E-state index is -1.26. The number of anilines is 1. The number of carboxylic acid groups (broad SMARTS) is 1. The van der Waals surface area contributed by atoms with Gasteiger partial charge in [0.2, 0.25) is 0 Å². The maximum absolute atomic E-state index is 13.0. The fraction of sp³-hybridized carbons (Fsp3) is 0.318. The summed E-state index contributed by atoms with van der Waals surface area (Å²) in [5.74, 6) is -1.24. The van der Waals surface area contributed by atoms with Crippen LogP contribution in [-0.4, -0.2) is 88.9 Å². The van der Waals surface area contributed by atoms with E-state index in [1.807, 2.05) is 19.1 Å². The predicted octanol–water partition coefficient (Wildman–Crippen LogP) is 1.79. The van der Waals surface area contributed by atoms with Gasteiger partial charge >= 0.3 is 5.97 Å². The van der Waals surface area contributed by atoms with Gasteiger partial charge in [-0.3, -0.25) is 14.5 Å². The zero-order chi connectivity index (χ0) is 29.0. The van der Waals surface area contributed by atoms with Crippen LogP contribution in [0.25, 0.3) is 0 Å². The van der Waals surface area contributed by atoms with Crippen molar-refractivity contribution >= 4 is 86.9 Å². The molecule has 2 aromatic heterocycles. The third-order valence-electron chi connectivity index (χ3n) is 5.43. The summed E-state index contributed by atoms with van der Waals surface area (Å²) in [5, 5.41) is 25.5. The normalized spacial score (nSPS) is 19.1. The molecule has 2 aliphatic rings. The van der Waals surface area contributed by atoms with E-state index in [1.54, 1.807) is 6.08 Å². The molecule has 4 rings (SSSR count). The van der Waals surface area contributed by atoms with Gasteiger partial charge in [-0.2, -0.15) is 0 Å². The largest absolute Gasteiger partial charge is 0.477 e. The number of carboxylic acids is 1. The van der Waals surface area contributed by atoms with E-state index in [1.165, 1.54) is 35.3 Å². The summed E-state index contributed by atoms with van der Waals surface area (Å²) in [6.45, 7) is 2.41. The molecule has 4 heterocycles. The number of hydrogen-bond donors (Lipinski definition) is 5. The third kappa shape index (κ3) is 6.55. The molecule has 13 nitrogen and oxygen atoms in total. The number of thiazole rings is 1. The van der Waals surface area contributed by atoms with Crippen LogP contribution in [0.1, 0.15) is 11.4 Å². The van der Waals surface area contributed by atoms with Crippen molar-refractivity contribution in [3.8, 4) is 0 Å². The number of nitrogens with zero attached hydrogens (tertiary/aromatic N) is 5. The van der Waals surface area contributed by atoms with E-state index in [9.17, 15) is 24.7 Å². The number of hydrogen-bond acceptors (Lipinski definition) is 14. The molecule has 2 aromatic rings. The molecule has 0 radical (unpaired) electrons. The number of aryl methyl sites for hydroxylation is 1. The molecule has 0 bridgehead atoms. The standard InChI is InChI=1S/C22H23ClN8O5S4/c1-9-7-11(27-22(26-9)38-6-4-24)37-5-2-3-10-8-39-19-14(18(33)31(19)15(10)20(34)35)28-17(32)13(30-36)12-16(23)40-21(25)29-12/h2-3,7,14,19,36H,4-6,8,24H2,1H3,(H2,25,29)(H,28,32)(H,34,35)/b3-2+,30-13?. The zero-order valence-electron chi connectivity index (χ0n) is 20.7. The Hall–Kier alpha value is -2.83. The summed E-state index contributed by atoms with van der Waals surface area (Å²) in [5.41, 5.74) is 11.7. The lowest BCUT2D eigenvalue weighted by Crippen LogP contribution is -2.71. The lowest BCUT2D eigenvalue weighted by Gasteiger charge is -2.49. The Morgan fingerprint density at radius 2 is 2.12 bits per heavy atom. The topological polar surface area (TPSA) is 210 Å². The van der Waals surface area contributed by atoms with Gasteiger partial charge in [-0.1, -0.05) is 52.0 Å². The summed E-state index contributed by atoms with van der Waals surface area (Å²) in [6.07, 6.45) is 3.49. The summed E-state index contributed by atoms with van der Waals surface area (Å²) in [6, 6.07) is 0.831. The van der Waals surface area contributed by atoms with Crippen LogP contribution in [-0.2, 0) is 14.4 Å². The number of nitrogens with one attached hydrogen (secondary N) is 1. The molecular weight excluding hydrogens is 620 g/mol. The van der Waals surface area contributed by atoms with Crippen molar-refractivity contribution in [2.75, 3.05) is 29.5 Å². The Labute approximate surface area is 249 Å². The van der Waals surface area contributed by atoms with Crippen LogP contribution < -0.4 is 16.8 Å². The number of thioether (sulfide) groups is 3. The Balaban J connectivity index is 1.42. The van der Waals surface area contributed by atoms with Gasteiger partial charge in [0.05, 0.1) is 0 Å². The van der Waals surface area contributed by atoms with E-state index in [4.69, 9.17) is 23.1 Å². The van der Waals surface area contributed by atoms with Crippen LogP contribution in [0.15, 0.2) is 44.8 Å². The van der Waals surface area contributed by atoms with E-state index in [0.717, 1.165) is 27.0 Å². The highest BCUT2D eigenvalue weighted by Crippen LogP contribution is 2.41. The zero-order valence-corrected chi connectivity index (χ0v) is 24.8. The first-order chi connectivity index (χ1) is 19.1. The number of nitrogen functional groups attached to an aromatic ring is 1. The molecule has 1 saturated heterocycles. The van der Waals surface area contributed by atoms with Crippen LogP contribution in [0, 0.1) is 6.92 Å². The molecule has 0 spiro atoms. The van der Waals surface area contributed by atoms with Crippen molar-refractivity contribution in [2.45, 2.75) is 28.5 Å². The summed E-state index contributed by atoms with van der Waals surface area (Å²) in [7, 11) is 0. The van der Waals surface area contributed by atoms with Gasteiger partial charge in [-0.15, -0.1) is 23.5 Å². The second kappa shape index (κ2) is 13.2. The fourth-order valence-corrected chi connectivity index (χ4v) is 7.51. The maximum Gasteiger partial charge on any atom is 0.352 e. The SMILES string of the molecule is Cc1cc(SC/C=C/C2=C(C(=O)O)N3C(=O)C(NC(=O)C(=NO)c4nc(N)sc4Cl)C3SC2)nc(SCCN)n1. The highest BCUT2D eigenvalue weighted by Gasteiger charge is 2.54. The number of amides is 2. The molecule has 2 unspecified atom stereocenters. The van der Waals surface area contributed by atoms with Gasteiger partial charge in [0, 0.05) is 29.5 Å². The molecule has 2 atom stereocenters. The van der Waals surface area contributed by atoms with Gasteiger partial charge in [-0.25, -0.2) is 19.7 Å². The smallest absolute Gasteiger partial charge is 0.352 e. The number of carbonyl (C=O) groups is 3. The predicted molar refractivity (Wildman–Crippen MR) is 156 cm³/mol. The number of aromatic nitrogens is 3. The van der Waals surface area contributed by atoms with Crippen LogP contribution in [0.5, 0.6) is 0 Å². The number of rotatable bonds is 11. The van der Waals surface area contributed by atoms with Gasteiger partial charge < -0.3 is 27.1 Å². The number of carbonyl (C=O) groups excluding carboxylic acids is 2. The minimum Gasteiger partial charge on any atom is -0.477 e. The molecule has 2 amide bonds. The molecule has 0 saturated carbocycles. The van der Waals surface area contributed by atoms with Crippen LogP contribution in [0.3, 0.4) is 0 Å². The molecule has 18 heteroatoms. The first-order valence-corrected chi connectivity index (χ1v) is 15.7. The van der Waals surface area contributed by atoms with Crippen molar-refractivity contribution in [1.82, 2.24) is 25.2 Å². The second-order valence-electron chi connectivity index (χ2n) is 8.14. The maximum atomic E-state index is 13.0. The highest BCUT2D eigenvalue weighted by molar-refractivity contribution is 8.00. The van der Waals surface area contributed by atoms with Crippen molar-refractivity contribution in [2.24, 2.45) is 10.9 Å². The number of nitrogens with two attached hydrogens (primary N) is 2. The third-order valence-corrected chi connectivity index (χ3v) is 9.56. The van der Waals surface area contributed by atoms with E-state index in [0.29, 0.717) is 34.5 Å². The number of oxime groups is 1. The molecule has 40 heavy (non-hydrogen) atoms. The first kappa shape index (κ1) is 30.1. The van der Waals surface area contributed by atoms with Crippen molar-refractivity contribution in [3.63, 3.8) is 0 Å². The van der Waals surface area contributed by atoms with Gasteiger partial charge in [0.15, 0.2) is 16.0 Å². The van der Waals surface area contributed by atoms with E-state index in [2.05, 4.69) is 25.4 Å². The van der Waals surface area contributed by atoms with Crippen molar-refractivity contribution in [1.29, 1.82) is 0 Å². The van der Waals surface area contributed by atoms with E-state index in [-0.39, 0.29) is 20.9 Å². The summed E-state index contributed by atoms with van der Waals surface area (Å²) < 4.78 is 0.0421. The van der Waals surface area contributed by atoms with Crippen LogP contribution in [0.4, 0.5) is 5.13 Å². The van der Waals surface area contributed by atoms with Crippen LogP contribution >= 0.6 is 58.2 Å². The van der Waals surface area contributed by atoms with Crippen LogP contribution in [0.2, 0.25) is 4.34 Å². The molecule has 0 aromatic carbocycles. The Bertz CT molecular complexity index is 1430. The lowest BCUT2D eigenvalue weighted by atomic mass is 10.0. The molecule has 212 valence electrons. The second-order valence-corrected chi connectivity index (χ2v) is 13.0. The Morgan fingerprint density at radius 3 is 2.77 bits per heavy atom. The quantitative estimate of drug-likeness (QED) is 0.0451. The van der Waals surface area contributed by atoms with E-state index < -0.39 is 34.9 Å². The lowest BCUT2D eigenvalue weighted by molar-refractivity contribution is -0.150. The number of halogens is 1. The number of aliphatic carboxylic acids is 1. The first-order valence-electron chi connectivity index (χ1n) is 11.5. The van der Waals surface area contributed by atoms with Gasteiger partial charge in [0.25, 0.3) is 11.8 Å². The summed E-state index contributed by atoms with van der Waals surface area (Å²) >= 11 is 11.1. The molecular formula is C22H23ClN8O5S4. The molecule has 7 N–H and O–H groups in total. The molecule has 2 aliphatic heterocycles. The molecule has 1 fully saturated rings. The van der Waals surface area contributed by atoms with E-state index >= 15 is 0 Å². The number of fused-ring (bicyclic) bond motifs is 1. The van der Waals surface area contributed by atoms with Crippen molar-refractivity contribution < 1.29 is 24.7 Å². The van der Waals surface area contributed by atoms with Crippen molar-refractivity contribution in [3.05, 3.63) is 45.2 Å². The average molecular weight is 643 g/mol. The highest BCUT2D eigenvalue weighted by atomic mass is 35.5. The molecule has 0 aliphatic carbocycles. The van der Waals surface area contributed by atoms with Gasteiger partial charge in [0.1, 0.15) is 32.2 Å².